The number of halogens is 3. The van der Waals surface area contributed by atoms with E-state index in [9.17, 15) is 13.2 Å². The standard InChI is InChI=1S/C16H17F3N2O/c1-22-7-6-10-8-13(15(21)14(20)9-10)11-2-4-12(5-3-11)16(17,18)19/h2-5,8-9H,6-7,20-21H2,1H3. The molecule has 2 rings (SSSR count). The number of benzene rings is 2. The second-order valence-electron chi connectivity index (χ2n) is 4.96. The number of nitrogen functional groups attached to an aromatic ring is 2. The van der Waals surface area contributed by atoms with Crippen LogP contribution in [0.5, 0.6) is 0 Å². The Morgan fingerprint density at radius 1 is 1.05 bits per heavy atom. The fraction of sp³-hybridized carbons (Fsp3) is 0.250. The lowest BCUT2D eigenvalue weighted by Crippen LogP contribution is -2.05. The smallest absolute Gasteiger partial charge is 0.397 e. The summed E-state index contributed by atoms with van der Waals surface area (Å²) in [6.45, 7) is 0.524. The van der Waals surface area contributed by atoms with E-state index in [0.717, 1.165) is 17.7 Å². The van der Waals surface area contributed by atoms with Crippen LogP contribution in [0.15, 0.2) is 36.4 Å². The topological polar surface area (TPSA) is 61.3 Å². The van der Waals surface area contributed by atoms with Gasteiger partial charge in [0.15, 0.2) is 0 Å². The molecule has 3 nitrogen and oxygen atoms in total. The fourth-order valence-electron chi connectivity index (χ4n) is 2.18. The molecule has 118 valence electrons. The third kappa shape index (κ3) is 3.51. The number of nitrogens with two attached hydrogens (primary N) is 2. The van der Waals surface area contributed by atoms with E-state index < -0.39 is 11.7 Å². The van der Waals surface area contributed by atoms with Crippen LogP contribution >= 0.6 is 0 Å². The largest absolute Gasteiger partial charge is 0.416 e. The van der Waals surface area contributed by atoms with Crippen molar-refractivity contribution in [1.29, 1.82) is 0 Å². The molecule has 0 heterocycles. The molecule has 0 aliphatic heterocycles. The monoisotopic (exact) mass is 310 g/mol. The molecule has 0 bridgehead atoms. The molecule has 0 aromatic heterocycles. The Bertz CT molecular complexity index is 652. The van der Waals surface area contributed by atoms with Gasteiger partial charge in [-0.15, -0.1) is 0 Å². The Morgan fingerprint density at radius 2 is 1.68 bits per heavy atom. The molecule has 0 radical (unpaired) electrons. The van der Waals surface area contributed by atoms with E-state index in [2.05, 4.69) is 0 Å². The Morgan fingerprint density at radius 3 is 2.23 bits per heavy atom. The van der Waals surface area contributed by atoms with Crippen LogP contribution in [0.3, 0.4) is 0 Å². The number of ether oxygens (including phenoxy) is 1. The number of alkyl halides is 3. The van der Waals surface area contributed by atoms with Gasteiger partial charge >= 0.3 is 6.18 Å². The lowest BCUT2D eigenvalue weighted by atomic mass is 9.97. The third-order valence-electron chi connectivity index (χ3n) is 3.39. The van der Waals surface area contributed by atoms with Crippen LogP contribution < -0.4 is 11.5 Å². The second kappa shape index (κ2) is 6.27. The average molecular weight is 310 g/mol. The molecule has 2 aromatic rings. The molecule has 0 saturated carbocycles. The number of hydrogen-bond acceptors (Lipinski definition) is 3. The summed E-state index contributed by atoms with van der Waals surface area (Å²) < 4.78 is 42.8. The zero-order valence-corrected chi connectivity index (χ0v) is 12.1. The van der Waals surface area contributed by atoms with Gasteiger partial charge in [0.1, 0.15) is 0 Å². The first-order valence-electron chi connectivity index (χ1n) is 6.67. The molecule has 0 atom stereocenters. The zero-order chi connectivity index (χ0) is 16.3. The lowest BCUT2D eigenvalue weighted by Gasteiger charge is -2.13. The van der Waals surface area contributed by atoms with Crippen LogP contribution in [0.2, 0.25) is 0 Å². The van der Waals surface area contributed by atoms with Gasteiger partial charge in [0.25, 0.3) is 0 Å². The highest BCUT2D eigenvalue weighted by atomic mass is 19.4. The van der Waals surface area contributed by atoms with Gasteiger partial charge in [0.05, 0.1) is 23.5 Å². The highest BCUT2D eigenvalue weighted by molar-refractivity contribution is 5.85. The van der Waals surface area contributed by atoms with Gasteiger partial charge in [-0.1, -0.05) is 12.1 Å². The number of methoxy groups -OCH3 is 1. The molecule has 0 amide bonds. The van der Waals surface area contributed by atoms with Gasteiger partial charge in [-0.05, 0) is 41.8 Å². The van der Waals surface area contributed by atoms with Crippen molar-refractivity contribution in [2.75, 3.05) is 25.2 Å². The maximum absolute atomic E-state index is 12.6. The fourth-order valence-corrected chi connectivity index (χ4v) is 2.18. The van der Waals surface area contributed by atoms with Gasteiger partial charge in [-0.25, -0.2) is 0 Å². The van der Waals surface area contributed by atoms with Crippen molar-refractivity contribution in [3.63, 3.8) is 0 Å². The van der Waals surface area contributed by atoms with Crippen LogP contribution in [-0.4, -0.2) is 13.7 Å². The molecule has 0 saturated heterocycles. The molecule has 6 heteroatoms. The van der Waals surface area contributed by atoms with Crippen LogP contribution in [-0.2, 0) is 17.3 Å². The summed E-state index contributed by atoms with van der Waals surface area (Å²) in [6, 6.07) is 8.44. The van der Waals surface area contributed by atoms with Crippen molar-refractivity contribution in [3.8, 4) is 11.1 Å². The maximum atomic E-state index is 12.6. The summed E-state index contributed by atoms with van der Waals surface area (Å²) in [5.74, 6) is 0. The van der Waals surface area contributed by atoms with Crippen molar-refractivity contribution in [2.24, 2.45) is 0 Å². The Balaban J connectivity index is 2.40. The summed E-state index contributed by atoms with van der Waals surface area (Å²) in [5, 5.41) is 0. The van der Waals surface area contributed by atoms with Crippen LogP contribution in [0, 0.1) is 0 Å². The summed E-state index contributed by atoms with van der Waals surface area (Å²) in [6.07, 6.45) is -3.71. The molecule has 2 aromatic carbocycles. The first kappa shape index (κ1) is 16.2. The first-order valence-corrected chi connectivity index (χ1v) is 6.67. The first-order chi connectivity index (χ1) is 10.3. The Kier molecular flexibility index (Phi) is 4.61. The number of anilines is 2. The minimum atomic E-state index is -4.36. The summed E-state index contributed by atoms with van der Waals surface area (Å²) in [7, 11) is 1.59. The Labute approximate surface area is 126 Å². The highest BCUT2D eigenvalue weighted by Crippen LogP contribution is 2.35. The van der Waals surface area contributed by atoms with E-state index in [0.29, 0.717) is 35.5 Å². The van der Waals surface area contributed by atoms with Crippen molar-refractivity contribution in [1.82, 2.24) is 0 Å². The molecule has 0 unspecified atom stereocenters. The normalized spacial score (nSPS) is 11.6. The Hall–Kier alpha value is -2.21. The molecule has 0 aliphatic carbocycles. The molecule has 0 fully saturated rings. The molecular weight excluding hydrogens is 293 g/mol. The number of hydrogen-bond donors (Lipinski definition) is 2. The van der Waals surface area contributed by atoms with E-state index in [1.807, 2.05) is 6.07 Å². The molecule has 0 aliphatic rings. The predicted octanol–water partition coefficient (Wildman–Crippen LogP) is 3.73. The van der Waals surface area contributed by atoms with Crippen molar-refractivity contribution in [3.05, 3.63) is 47.5 Å². The van der Waals surface area contributed by atoms with E-state index >= 15 is 0 Å². The van der Waals surface area contributed by atoms with E-state index in [1.54, 1.807) is 13.2 Å². The van der Waals surface area contributed by atoms with Crippen molar-refractivity contribution in [2.45, 2.75) is 12.6 Å². The number of rotatable bonds is 4. The van der Waals surface area contributed by atoms with Gasteiger partial charge in [0.2, 0.25) is 0 Å². The van der Waals surface area contributed by atoms with Crippen LogP contribution in [0.4, 0.5) is 24.5 Å². The molecular formula is C16H17F3N2O. The molecule has 22 heavy (non-hydrogen) atoms. The molecule has 0 spiro atoms. The summed E-state index contributed by atoms with van der Waals surface area (Å²) in [5.41, 5.74) is 14.1. The van der Waals surface area contributed by atoms with E-state index in [4.69, 9.17) is 16.2 Å². The predicted molar refractivity (Wildman–Crippen MR) is 81.3 cm³/mol. The molecule has 4 N–H and O–H groups in total. The SMILES string of the molecule is COCCc1cc(N)c(N)c(-c2ccc(C(F)(F)F)cc2)c1. The van der Waals surface area contributed by atoms with E-state index in [-0.39, 0.29) is 0 Å². The average Bonchev–Trinajstić information content (AvgIpc) is 2.47. The minimum Gasteiger partial charge on any atom is -0.397 e. The highest BCUT2D eigenvalue weighted by Gasteiger charge is 2.30. The van der Waals surface area contributed by atoms with Crippen LogP contribution in [0.1, 0.15) is 11.1 Å². The quantitative estimate of drug-likeness (QED) is 0.846. The van der Waals surface area contributed by atoms with Gasteiger partial charge in [0, 0.05) is 12.7 Å². The zero-order valence-electron chi connectivity index (χ0n) is 12.1. The summed E-state index contributed by atoms with van der Waals surface area (Å²) >= 11 is 0. The summed E-state index contributed by atoms with van der Waals surface area (Å²) in [4.78, 5) is 0. The van der Waals surface area contributed by atoms with Gasteiger partial charge in [-0.3, -0.25) is 0 Å². The minimum absolute atomic E-state index is 0.362. The lowest BCUT2D eigenvalue weighted by molar-refractivity contribution is -0.137. The van der Waals surface area contributed by atoms with Crippen molar-refractivity contribution < 1.29 is 17.9 Å². The van der Waals surface area contributed by atoms with E-state index in [1.165, 1.54) is 12.1 Å². The maximum Gasteiger partial charge on any atom is 0.416 e. The van der Waals surface area contributed by atoms with Gasteiger partial charge in [-0.2, -0.15) is 13.2 Å². The third-order valence-corrected chi connectivity index (χ3v) is 3.39. The van der Waals surface area contributed by atoms with Gasteiger partial charge < -0.3 is 16.2 Å². The van der Waals surface area contributed by atoms with Crippen molar-refractivity contribution >= 4 is 11.4 Å². The van der Waals surface area contributed by atoms with Crippen LogP contribution in [0.25, 0.3) is 11.1 Å². The second-order valence-corrected chi connectivity index (χ2v) is 4.96.